The Morgan fingerprint density at radius 1 is 1.20 bits per heavy atom. The monoisotopic (exact) mass is 360 g/mol. The van der Waals surface area contributed by atoms with E-state index in [4.69, 9.17) is 30.8 Å². The predicted molar refractivity (Wildman–Crippen MR) is 94.2 cm³/mol. The minimum Gasteiger partial charge on any atom is -0.496 e. The molecule has 0 bridgehead atoms. The summed E-state index contributed by atoms with van der Waals surface area (Å²) >= 11 is 5.23. The lowest BCUT2D eigenvalue weighted by atomic mass is 10.2. The van der Waals surface area contributed by atoms with Crippen LogP contribution in [0.2, 0.25) is 0 Å². The molecule has 0 aliphatic carbocycles. The van der Waals surface area contributed by atoms with Gasteiger partial charge in [-0.2, -0.15) is 9.78 Å². The number of nitrogens with zero attached hydrogens (tertiary/aromatic N) is 3. The third-order valence-electron chi connectivity index (χ3n) is 3.45. The first-order valence-electron chi connectivity index (χ1n) is 7.23. The van der Waals surface area contributed by atoms with E-state index in [-0.39, 0.29) is 0 Å². The van der Waals surface area contributed by atoms with E-state index in [1.165, 1.54) is 4.68 Å². The number of benzene rings is 1. The second-order valence-corrected chi connectivity index (χ2v) is 5.22. The van der Waals surface area contributed by atoms with Crippen molar-refractivity contribution in [2.75, 3.05) is 21.3 Å². The maximum atomic E-state index is 5.40. The van der Waals surface area contributed by atoms with E-state index in [0.717, 1.165) is 0 Å². The molecule has 0 atom stereocenters. The van der Waals surface area contributed by atoms with Gasteiger partial charge in [0.25, 0.3) is 0 Å². The highest BCUT2D eigenvalue weighted by atomic mass is 32.1. The van der Waals surface area contributed by atoms with Gasteiger partial charge in [0.05, 0.1) is 39.4 Å². The highest BCUT2D eigenvalue weighted by Gasteiger charge is 2.14. The Balaban J connectivity index is 2.07. The van der Waals surface area contributed by atoms with E-state index in [1.807, 2.05) is 0 Å². The fraction of sp³-hybridized carbons (Fsp3) is 0.188. The number of hydrogen-bond acceptors (Lipinski definition) is 7. The first-order chi connectivity index (χ1) is 12.2. The molecule has 0 fully saturated rings. The summed E-state index contributed by atoms with van der Waals surface area (Å²) in [5, 5.41) is 11.2. The maximum Gasteiger partial charge on any atom is 0.219 e. The fourth-order valence-electron chi connectivity index (χ4n) is 2.24. The van der Waals surface area contributed by atoms with Crippen LogP contribution in [0.3, 0.4) is 0 Å². The van der Waals surface area contributed by atoms with Crippen molar-refractivity contribution < 1.29 is 18.6 Å². The average Bonchev–Trinajstić information content (AvgIpc) is 3.28. The van der Waals surface area contributed by atoms with Crippen LogP contribution in [0.25, 0.3) is 11.6 Å². The van der Waals surface area contributed by atoms with E-state index in [0.29, 0.717) is 39.2 Å². The molecule has 2 aromatic heterocycles. The number of ether oxygens (including phenoxy) is 3. The van der Waals surface area contributed by atoms with Crippen LogP contribution in [0.5, 0.6) is 17.2 Å². The van der Waals surface area contributed by atoms with E-state index < -0.39 is 0 Å². The number of rotatable bonds is 6. The summed E-state index contributed by atoms with van der Waals surface area (Å²) in [6.07, 6.45) is 3.13. The van der Waals surface area contributed by atoms with E-state index in [9.17, 15) is 0 Å². The Hall–Kier alpha value is -3.07. The van der Waals surface area contributed by atoms with Gasteiger partial charge in [-0.05, 0) is 24.4 Å². The molecule has 0 amide bonds. The topological polar surface area (TPSA) is 86.8 Å². The number of methoxy groups -OCH3 is 3. The lowest BCUT2D eigenvalue weighted by molar-refractivity contribution is 0.374. The molecule has 25 heavy (non-hydrogen) atoms. The van der Waals surface area contributed by atoms with E-state index in [2.05, 4.69) is 15.3 Å². The third-order valence-corrected chi connectivity index (χ3v) is 3.71. The SMILES string of the molecule is COc1cc(OC)c(/C=N/n2c(-c3ccco3)n[nH]c2=S)c(OC)c1. The zero-order chi connectivity index (χ0) is 17.8. The van der Waals surface area contributed by atoms with Crippen LogP contribution in [-0.4, -0.2) is 42.4 Å². The zero-order valence-corrected chi connectivity index (χ0v) is 14.7. The molecule has 0 radical (unpaired) electrons. The molecule has 0 aliphatic rings. The number of aromatic amines is 1. The molecule has 9 heteroatoms. The summed E-state index contributed by atoms with van der Waals surface area (Å²) in [6, 6.07) is 7.01. The van der Waals surface area contributed by atoms with Crippen molar-refractivity contribution in [2.24, 2.45) is 5.10 Å². The van der Waals surface area contributed by atoms with Gasteiger partial charge in [0.15, 0.2) is 5.76 Å². The minimum absolute atomic E-state index is 0.328. The predicted octanol–water partition coefficient (Wildman–Crippen LogP) is 3.11. The van der Waals surface area contributed by atoms with Gasteiger partial charge in [-0.15, -0.1) is 5.10 Å². The zero-order valence-electron chi connectivity index (χ0n) is 13.8. The molecule has 0 saturated heterocycles. The molecular weight excluding hydrogens is 344 g/mol. The lowest BCUT2D eigenvalue weighted by Crippen LogP contribution is -2.00. The summed E-state index contributed by atoms with van der Waals surface area (Å²) in [6.45, 7) is 0. The van der Waals surface area contributed by atoms with E-state index in [1.54, 1.807) is 58.1 Å². The van der Waals surface area contributed by atoms with Gasteiger partial charge in [0, 0.05) is 12.1 Å². The average molecular weight is 360 g/mol. The maximum absolute atomic E-state index is 5.40. The van der Waals surface area contributed by atoms with Crippen LogP contribution >= 0.6 is 12.2 Å². The summed E-state index contributed by atoms with van der Waals surface area (Å²) in [5.41, 5.74) is 0.638. The molecule has 8 nitrogen and oxygen atoms in total. The van der Waals surface area contributed by atoms with Crippen molar-refractivity contribution in [3.05, 3.63) is 40.9 Å². The van der Waals surface area contributed by atoms with Crippen molar-refractivity contribution in [3.8, 4) is 28.8 Å². The Bertz CT molecular complexity index is 918. The summed E-state index contributed by atoms with van der Waals surface area (Å²) in [5.74, 6) is 2.71. The first-order valence-corrected chi connectivity index (χ1v) is 7.64. The van der Waals surface area contributed by atoms with Gasteiger partial charge >= 0.3 is 0 Å². The van der Waals surface area contributed by atoms with Crippen molar-refractivity contribution in [2.45, 2.75) is 0 Å². The quantitative estimate of drug-likeness (QED) is 0.537. The molecule has 0 unspecified atom stereocenters. The van der Waals surface area contributed by atoms with Crippen LogP contribution in [0.4, 0.5) is 0 Å². The van der Waals surface area contributed by atoms with Gasteiger partial charge < -0.3 is 18.6 Å². The van der Waals surface area contributed by atoms with Gasteiger partial charge in [-0.25, -0.2) is 5.10 Å². The van der Waals surface area contributed by atoms with Gasteiger partial charge in [0.1, 0.15) is 17.2 Å². The molecule has 130 valence electrons. The van der Waals surface area contributed by atoms with Crippen LogP contribution in [0, 0.1) is 4.77 Å². The Labute approximate surface area is 148 Å². The lowest BCUT2D eigenvalue weighted by Gasteiger charge is -2.12. The van der Waals surface area contributed by atoms with E-state index >= 15 is 0 Å². The summed E-state index contributed by atoms with van der Waals surface area (Å²) in [7, 11) is 4.69. The fourth-order valence-corrected chi connectivity index (χ4v) is 2.42. The molecule has 0 aliphatic heterocycles. The van der Waals surface area contributed by atoms with Crippen LogP contribution < -0.4 is 14.2 Å². The molecular formula is C16H16N4O4S. The Kier molecular flexibility index (Phi) is 4.85. The van der Waals surface area contributed by atoms with Gasteiger partial charge in [-0.1, -0.05) is 0 Å². The number of aromatic nitrogens is 3. The highest BCUT2D eigenvalue weighted by molar-refractivity contribution is 7.71. The second kappa shape index (κ2) is 7.22. The normalized spacial score (nSPS) is 11.0. The molecule has 0 saturated carbocycles. The van der Waals surface area contributed by atoms with Crippen LogP contribution in [0.15, 0.2) is 40.0 Å². The molecule has 0 spiro atoms. The Morgan fingerprint density at radius 3 is 2.48 bits per heavy atom. The number of furan rings is 1. The standard InChI is InChI=1S/C16H16N4O4S/c1-21-10-7-13(22-2)11(14(8-10)23-3)9-17-20-15(18-19-16(20)25)12-5-4-6-24-12/h4-9H,1-3H3,(H,19,25)/b17-9+. The van der Waals surface area contributed by atoms with Crippen molar-refractivity contribution in [1.29, 1.82) is 0 Å². The van der Waals surface area contributed by atoms with Crippen LogP contribution in [-0.2, 0) is 0 Å². The summed E-state index contributed by atoms with van der Waals surface area (Å²) < 4.78 is 23.2. The van der Waals surface area contributed by atoms with Crippen molar-refractivity contribution in [3.63, 3.8) is 0 Å². The van der Waals surface area contributed by atoms with Gasteiger partial charge in [0.2, 0.25) is 10.6 Å². The Morgan fingerprint density at radius 2 is 1.92 bits per heavy atom. The van der Waals surface area contributed by atoms with Crippen molar-refractivity contribution in [1.82, 2.24) is 14.9 Å². The van der Waals surface area contributed by atoms with Crippen molar-refractivity contribution >= 4 is 18.4 Å². The number of hydrogen-bond donors (Lipinski definition) is 1. The van der Waals surface area contributed by atoms with Gasteiger partial charge in [-0.3, -0.25) is 0 Å². The smallest absolute Gasteiger partial charge is 0.219 e. The third kappa shape index (κ3) is 3.26. The second-order valence-electron chi connectivity index (χ2n) is 4.83. The molecule has 1 N–H and O–H groups in total. The number of nitrogens with one attached hydrogen (secondary N) is 1. The summed E-state index contributed by atoms with van der Waals surface area (Å²) in [4.78, 5) is 0. The van der Waals surface area contributed by atoms with Crippen LogP contribution in [0.1, 0.15) is 5.56 Å². The highest BCUT2D eigenvalue weighted by Crippen LogP contribution is 2.32. The molecule has 1 aromatic carbocycles. The molecule has 3 rings (SSSR count). The molecule has 3 aromatic rings. The minimum atomic E-state index is 0.328. The first kappa shape index (κ1) is 16.8. The molecule has 2 heterocycles. The largest absolute Gasteiger partial charge is 0.496 e. The number of H-pyrrole nitrogens is 1.